The molecule has 1 saturated carbocycles. The minimum atomic E-state index is -4.23. The minimum Gasteiger partial charge on any atom is -0.385 e. The first-order valence-corrected chi connectivity index (χ1v) is 10.5. The fraction of sp³-hybridized carbons (Fsp3) is 0.320. The SMILES string of the molecule is C=C(N=C(N)/C=C\NCc1ccc(C#N)cn1)C(C)(C)c1ccc(C2(C(F)(F)F)CC2)cc1. The first kappa shape index (κ1) is 24.1. The van der Waals surface area contributed by atoms with E-state index in [1.54, 1.807) is 48.7 Å². The van der Waals surface area contributed by atoms with Crippen molar-refractivity contribution in [1.29, 1.82) is 5.26 Å². The van der Waals surface area contributed by atoms with Gasteiger partial charge in [0.1, 0.15) is 11.9 Å². The zero-order valence-corrected chi connectivity index (χ0v) is 18.6. The number of nitrogens with two attached hydrogens (primary N) is 1. The third kappa shape index (κ3) is 5.25. The van der Waals surface area contributed by atoms with E-state index in [-0.39, 0.29) is 18.7 Å². The highest BCUT2D eigenvalue weighted by Gasteiger charge is 2.64. The summed E-state index contributed by atoms with van der Waals surface area (Å²) < 4.78 is 40.1. The number of hydrogen-bond donors (Lipinski definition) is 2. The molecule has 1 aliphatic rings. The second-order valence-corrected chi connectivity index (χ2v) is 8.63. The van der Waals surface area contributed by atoms with Gasteiger partial charge in [0.25, 0.3) is 0 Å². The third-order valence-corrected chi connectivity index (χ3v) is 6.05. The van der Waals surface area contributed by atoms with Crippen molar-refractivity contribution in [2.45, 2.75) is 50.2 Å². The number of amidine groups is 1. The lowest BCUT2D eigenvalue weighted by atomic mass is 9.80. The molecule has 3 N–H and O–H groups in total. The molecule has 2 aromatic rings. The van der Waals surface area contributed by atoms with Crippen molar-refractivity contribution in [3.63, 3.8) is 0 Å². The minimum absolute atomic E-state index is 0.133. The summed E-state index contributed by atoms with van der Waals surface area (Å²) in [7, 11) is 0. The van der Waals surface area contributed by atoms with Gasteiger partial charge in [-0.3, -0.25) is 4.98 Å². The Balaban J connectivity index is 1.61. The number of pyridine rings is 1. The number of hydrogen-bond acceptors (Lipinski definition) is 4. The molecule has 0 spiro atoms. The van der Waals surface area contributed by atoms with E-state index in [1.165, 1.54) is 6.20 Å². The molecule has 0 bridgehead atoms. The van der Waals surface area contributed by atoms with E-state index in [0.717, 1.165) is 11.3 Å². The van der Waals surface area contributed by atoms with Crippen molar-refractivity contribution in [2.75, 3.05) is 0 Å². The molecule has 172 valence electrons. The number of rotatable bonds is 8. The summed E-state index contributed by atoms with van der Waals surface area (Å²) in [5.74, 6) is 0.235. The molecule has 8 heteroatoms. The molecule has 1 aliphatic carbocycles. The van der Waals surface area contributed by atoms with Crippen molar-refractivity contribution in [3.05, 3.63) is 89.5 Å². The molecule has 0 unspecified atom stereocenters. The fourth-order valence-corrected chi connectivity index (χ4v) is 3.47. The Morgan fingerprint density at radius 2 is 1.91 bits per heavy atom. The summed E-state index contributed by atoms with van der Waals surface area (Å²) in [5, 5.41) is 11.8. The standard InChI is InChI=1S/C25H26F3N5/c1-17(33-22(30)10-13-31-16-21-9-4-18(14-29)15-32-21)23(2,3)19-5-7-20(8-6-19)24(11-12-24)25(26,27)28/h4-10,13,15,31H,1,11-12,16H2,2-3H3,(H2,30,33)/b13-10-. The summed E-state index contributed by atoms with van der Waals surface area (Å²) in [5.41, 5.74) is 6.53. The molecule has 0 amide bonds. The van der Waals surface area contributed by atoms with E-state index in [9.17, 15) is 13.2 Å². The molecular formula is C25H26F3N5. The number of allylic oxidation sites excluding steroid dienone is 1. The van der Waals surface area contributed by atoms with Crippen molar-refractivity contribution in [3.8, 4) is 6.07 Å². The van der Waals surface area contributed by atoms with Gasteiger partial charge in [-0.05, 0) is 42.2 Å². The van der Waals surface area contributed by atoms with Crippen LogP contribution in [0.5, 0.6) is 0 Å². The average Bonchev–Trinajstić information content (AvgIpc) is 3.59. The van der Waals surface area contributed by atoms with E-state index < -0.39 is 17.0 Å². The van der Waals surface area contributed by atoms with Gasteiger partial charge in [0, 0.05) is 23.5 Å². The molecule has 5 nitrogen and oxygen atoms in total. The van der Waals surface area contributed by atoms with Gasteiger partial charge in [-0.1, -0.05) is 44.7 Å². The zero-order valence-electron chi connectivity index (χ0n) is 18.6. The molecular weight excluding hydrogens is 427 g/mol. The van der Waals surface area contributed by atoms with E-state index in [1.807, 2.05) is 19.9 Å². The number of benzene rings is 1. The molecule has 1 heterocycles. The third-order valence-electron chi connectivity index (χ3n) is 6.05. The van der Waals surface area contributed by atoms with E-state index in [2.05, 4.69) is 21.9 Å². The number of alkyl halides is 3. The van der Waals surface area contributed by atoms with Crippen molar-refractivity contribution in [1.82, 2.24) is 10.3 Å². The molecule has 0 radical (unpaired) electrons. The van der Waals surface area contributed by atoms with Crippen LogP contribution in [0, 0.1) is 11.3 Å². The lowest BCUT2D eigenvalue weighted by Crippen LogP contribution is -2.29. The maximum Gasteiger partial charge on any atom is 0.398 e. The Hall–Kier alpha value is -3.60. The maximum absolute atomic E-state index is 13.4. The van der Waals surface area contributed by atoms with Gasteiger partial charge in [-0.25, -0.2) is 4.99 Å². The van der Waals surface area contributed by atoms with Crippen LogP contribution in [0.2, 0.25) is 0 Å². The van der Waals surface area contributed by atoms with Gasteiger partial charge < -0.3 is 11.1 Å². The molecule has 3 rings (SSSR count). The number of aliphatic imine (C=N–C) groups is 1. The number of aromatic nitrogens is 1. The van der Waals surface area contributed by atoms with Crippen LogP contribution in [0.15, 0.2) is 72.1 Å². The second-order valence-electron chi connectivity index (χ2n) is 8.63. The van der Waals surface area contributed by atoms with Crippen molar-refractivity contribution in [2.24, 2.45) is 10.7 Å². The van der Waals surface area contributed by atoms with Gasteiger partial charge in [0.15, 0.2) is 0 Å². The Morgan fingerprint density at radius 1 is 1.24 bits per heavy atom. The first-order valence-electron chi connectivity index (χ1n) is 10.5. The highest BCUT2D eigenvalue weighted by atomic mass is 19.4. The zero-order chi connectivity index (χ0) is 24.3. The Morgan fingerprint density at radius 3 is 2.42 bits per heavy atom. The number of nitrogens with one attached hydrogen (secondary N) is 1. The molecule has 1 aromatic heterocycles. The second kappa shape index (κ2) is 9.10. The Bertz CT molecular complexity index is 1100. The fourth-order valence-electron chi connectivity index (χ4n) is 3.47. The molecule has 0 saturated heterocycles. The normalized spacial score (nSPS) is 15.8. The van der Waals surface area contributed by atoms with Gasteiger partial charge in [-0.2, -0.15) is 18.4 Å². The maximum atomic E-state index is 13.4. The highest BCUT2D eigenvalue weighted by Crippen LogP contribution is 2.59. The summed E-state index contributed by atoms with van der Waals surface area (Å²) in [6.45, 7) is 8.27. The predicted molar refractivity (Wildman–Crippen MR) is 122 cm³/mol. The smallest absolute Gasteiger partial charge is 0.385 e. The summed E-state index contributed by atoms with van der Waals surface area (Å²) >= 11 is 0. The number of nitrogens with zero attached hydrogens (tertiary/aromatic N) is 3. The van der Waals surface area contributed by atoms with Gasteiger partial charge in [0.05, 0.1) is 23.2 Å². The summed E-state index contributed by atoms with van der Waals surface area (Å²) in [4.78, 5) is 8.52. The Kier molecular flexibility index (Phi) is 6.63. The summed E-state index contributed by atoms with van der Waals surface area (Å²) in [6, 6.07) is 12.0. The monoisotopic (exact) mass is 453 g/mol. The van der Waals surface area contributed by atoms with Crippen LogP contribution >= 0.6 is 0 Å². The number of nitriles is 1. The van der Waals surface area contributed by atoms with Gasteiger partial charge >= 0.3 is 6.18 Å². The van der Waals surface area contributed by atoms with Crippen LogP contribution in [-0.4, -0.2) is 17.0 Å². The quantitative estimate of drug-likeness (QED) is 0.435. The average molecular weight is 454 g/mol. The van der Waals surface area contributed by atoms with Crippen LogP contribution in [0.25, 0.3) is 0 Å². The summed E-state index contributed by atoms with van der Waals surface area (Å²) in [6.07, 6.45) is 0.766. The van der Waals surface area contributed by atoms with Gasteiger partial charge in [0.2, 0.25) is 0 Å². The van der Waals surface area contributed by atoms with Crippen LogP contribution in [-0.2, 0) is 17.4 Å². The molecule has 0 atom stereocenters. The van der Waals surface area contributed by atoms with Crippen molar-refractivity contribution < 1.29 is 13.2 Å². The first-order chi connectivity index (χ1) is 15.5. The molecule has 33 heavy (non-hydrogen) atoms. The molecule has 1 aromatic carbocycles. The molecule has 1 fully saturated rings. The van der Waals surface area contributed by atoms with Gasteiger partial charge in [-0.15, -0.1) is 0 Å². The van der Waals surface area contributed by atoms with Crippen LogP contribution in [0.4, 0.5) is 13.2 Å². The lowest BCUT2D eigenvalue weighted by Gasteiger charge is -2.27. The largest absolute Gasteiger partial charge is 0.398 e. The van der Waals surface area contributed by atoms with Crippen molar-refractivity contribution >= 4 is 5.84 Å². The van der Waals surface area contributed by atoms with Crippen LogP contribution < -0.4 is 11.1 Å². The van der Waals surface area contributed by atoms with E-state index >= 15 is 0 Å². The lowest BCUT2D eigenvalue weighted by molar-refractivity contribution is -0.160. The predicted octanol–water partition coefficient (Wildman–Crippen LogP) is 5.00. The topological polar surface area (TPSA) is 87.1 Å². The van der Waals surface area contributed by atoms with Crippen LogP contribution in [0.1, 0.15) is 49.1 Å². The van der Waals surface area contributed by atoms with E-state index in [4.69, 9.17) is 11.0 Å². The van der Waals surface area contributed by atoms with Crippen LogP contribution in [0.3, 0.4) is 0 Å². The number of halogens is 3. The van der Waals surface area contributed by atoms with E-state index in [0.29, 0.717) is 23.4 Å². The highest BCUT2D eigenvalue weighted by molar-refractivity contribution is 5.92. The molecule has 0 aliphatic heterocycles. The Labute approximate surface area is 191 Å².